The average Bonchev–Trinajstić information content (AvgIpc) is 3.57. The predicted molar refractivity (Wildman–Crippen MR) is 279 cm³/mol. The maximum Gasteiger partial charge on any atom is 0.247 e. The van der Waals surface area contributed by atoms with Crippen molar-refractivity contribution in [3.05, 3.63) is 183 Å². The van der Waals surface area contributed by atoms with Gasteiger partial charge in [0.2, 0.25) is 13.4 Å². The van der Waals surface area contributed by atoms with E-state index in [1.807, 2.05) is 0 Å². The molecule has 11 rings (SSSR count). The number of hydrogen-bond donors (Lipinski definition) is 0. The molecule has 3 aliphatic heterocycles. The largest absolute Gasteiger partial charge is 0.312 e. The molecular formula is C61H63B2N. The lowest BCUT2D eigenvalue weighted by atomic mass is 9.28. The van der Waals surface area contributed by atoms with E-state index >= 15 is 0 Å². The highest BCUT2D eigenvalue weighted by Crippen LogP contribution is 2.63. The Labute approximate surface area is 384 Å². The molecule has 318 valence electrons. The van der Waals surface area contributed by atoms with E-state index in [1.165, 1.54) is 117 Å². The molecule has 0 unspecified atom stereocenters. The van der Waals surface area contributed by atoms with E-state index in [4.69, 9.17) is 0 Å². The Morgan fingerprint density at radius 3 is 1.00 bits per heavy atom. The van der Waals surface area contributed by atoms with Crippen LogP contribution in [-0.4, -0.2) is 13.4 Å². The number of para-hydroxylation sites is 3. The van der Waals surface area contributed by atoms with Gasteiger partial charge in [-0.2, -0.15) is 0 Å². The third kappa shape index (κ3) is 5.46. The molecule has 0 amide bonds. The summed E-state index contributed by atoms with van der Waals surface area (Å²) < 4.78 is 0. The molecule has 1 spiro atoms. The molecule has 0 atom stereocenters. The zero-order valence-electron chi connectivity index (χ0n) is 40.2. The summed E-state index contributed by atoms with van der Waals surface area (Å²) in [5.41, 5.74) is 29.6. The van der Waals surface area contributed by atoms with E-state index in [9.17, 15) is 0 Å². The molecule has 0 bridgehead atoms. The quantitative estimate of drug-likeness (QED) is 0.138. The fourth-order valence-electron chi connectivity index (χ4n) is 12.9. The molecule has 0 saturated heterocycles. The topological polar surface area (TPSA) is 3.24 Å². The summed E-state index contributed by atoms with van der Waals surface area (Å²) >= 11 is 0. The SMILES string of the molecule is CC(C)c1cc(C(C)C)c(B2c3cccc4c3N3c5c2cccc5C2(c5ccccc5-c5ccccc52)c2cccc(c23)B4c2c(C(C)C)cc(C(C)C)cc2C(C)C)c(C(C)C)c1. The first-order chi connectivity index (χ1) is 30.8. The van der Waals surface area contributed by atoms with Gasteiger partial charge < -0.3 is 4.90 Å². The van der Waals surface area contributed by atoms with Gasteiger partial charge in [0.15, 0.2) is 0 Å². The molecule has 0 fully saturated rings. The van der Waals surface area contributed by atoms with Gasteiger partial charge in [-0.3, -0.25) is 0 Å². The van der Waals surface area contributed by atoms with Gasteiger partial charge >= 0.3 is 0 Å². The summed E-state index contributed by atoms with van der Waals surface area (Å²) in [5, 5.41) is 0. The lowest BCUT2D eigenvalue weighted by Crippen LogP contribution is -2.67. The van der Waals surface area contributed by atoms with Crippen molar-refractivity contribution in [2.45, 2.75) is 124 Å². The van der Waals surface area contributed by atoms with Crippen molar-refractivity contribution in [2.75, 3.05) is 4.90 Å². The second kappa shape index (κ2) is 14.7. The monoisotopic (exact) mass is 832 g/mol. The Kier molecular flexibility index (Phi) is 9.49. The van der Waals surface area contributed by atoms with Crippen molar-refractivity contribution < 1.29 is 0 Å². The Hall–Kier alpha value is -5.53. The van der Waals surface area contributed by atoms with Crippen LogP contribution < -0.4 is 37.7 Å². The lowest BCUT2D eigenvalue weighted by Gasteiger charge is -2.53. The summed E-state index contributed by atoms with van der Waals surface area (Å²) in [5.74, 6) is 2.36. The fourth-order valence-corrected chi connectivity index (χ4v) is 12.9. The van der Waals surface area contributed by atoms with E-state index in [2.05, 4.69) is 215 Å². The molecule has 0 saturated carbocycles. The highest BCUT2D eigenvalue weighted by atomic mass is 15.2. The van der Waals surface area contributed by atoms with Crippen LogP contribution in [0.3, 0.4) is 0 Å². The van der Waals surface area contributed by atoms with Gasteiger partial charge in [-0.15, -0.1) is 0 Å². The Morgan fingerprint density at radius 1 is 0.344 bits per heavy atom. The zero-order valence-corrected chi connectivity index (χ0v) is 40.2. The molecular weight excluding hydrogens is 768 g/mol. The van der Waals surface area contributed by atoms with Crippen LogP contribution in [0.25, 0.3) is 11.1 Å². The highest BCUT2D eigenvalue weighted by Gasteiger charge is 2.57. The Morgan fingerprint density at radius 2 is 0.656 bits per heavy atom. The maximum atomic E-state index is 2.79. The van der Waals surface area contributed by atoms with Crippen LogP contribution in [0.5, 0.6) is 0 Å². The van der Waals surface area contributed by atoms with Crippen LogP contribution in [0.4, 0.5) is 17.1 Å². The molecule has 64 heavy (non-hydrogen) atoms. The van der Waals surface area contributed by atoms with Crippen molar-refractivity contribution in [2.24, 2.45) is 0 Å². The number of hydrogen-bond acceptors (Lipinski definition) is 1. The summed E-state index contributed by atoms with van der Waals surface area (Å²) in [4.78, 5) is 2.79. The van der Waals surface area contributed by atoms with Gasteiger partial charge in [0, 0.05) is 17.1 Å². The normalized spacial score (nSPS) is 14.8. The third-order valence-corrected chi connectivity index (χ3v) is 15.8. The number of rotatable bonds is 8. The predicted octanol–water partition coefficient (Wildman–Crippen LogP) is 12.2. The molecule has 0 N–H and O–H groups in total. The second-order valence-electron chi connectivity index (χ2n) is 21.5. The average molecular weight is 832 g/mol. The smallest absolute Gasteiger partial charge is 0.247 e. The summed E-state index contributed by atoms with van der Waals surface area (Å²) in [6.45, 7) is 28.9. The molecule has 3 heteroatoms. The van der Waals surface area contributed by atoms with Crippen LogP contribution in [0, 0.1) is 0 Å². The third-order valence-electron chi connectivity index (χ3n) is 15.8. The minimum Gasteiger partial charge on any atom is -0.312 e. The molecule has 1 nitrogen and oxygen atoms in total. The molecule has 0 radical (unpaired) electrons. The van der Waals surface area contributed by atoms with E-state index in [0.29, 0.717) is 35.5 Å². The van der Waals surface area contributed by atoms with Gasteiger partial charge in [0.05, 0.1) is 5.41 Å². The standard InChI is InChI=1S/C61H63B2N/c1-34(2)40-30-44(36(5)6)56(45(31-40)37(7)8)62-52-26-17-24-50-58(52)64-59-51(61(50)48-22-15-13-20-42(48)43-21-14-16-23-49(43)61)25-18-27-53(59)63(55-29-19-28-54(62)60(55)64)57-46(38(9)10)32-41(35(3)4)33-47(57)39(11)12/h13-39H,1-12H3. The molecule has 4 aliphatic rings. The molecule has 0 aromatic heterocycles. The van der Waals surface area contributed by atoms with Gasteiger partial charge in [-0.25, -0.2) is 0 Å². The van der Waals surface area contributed by atoms with Crippen LogP contribution in [0.2, 0.25) is 0 Å². The highest BCUT2D eigenvalue weighted by molar-refractivity contribution is 7.02. The van der Waals surface area contributed by atoms with E-state index < -0.39 is 5.41 Å². The van der Waals surface area contributed by atoms with Crippen LogP contribution in [0.1, 0.15) is 174 Å². The minimum absolute atomic E-state index is 0.0611. The van der Waals surface area contributed by atoms with E-state index in [1.54, 1.807) is 0 Å². The van der Waals surface area contributed by atoms with Crippen molar-refractivity contribution in [1.82, 2.24) is 0 Å². The van der Waals surface area contributed by atoms with Gasteiger partial charge in [-0.05, 0) is 124 Å². The number of fused-ring (bicyclic) bond motifs is 7. The summed E-state index contributed by atoms with van der Waals surface area (Å²) in [6.07, 6.45) is 0. The van der Waals surface area contributed by atoms with Crippen molar-refractivity contribution in [3.63, 3.8) is 0 Å². The van der Waals surface area contributed by atoms with Crippen molar-refractivity contribution in [1.29, 1.82) is 0 Å². The van der Waals surface area contributed by atoms with E-state index in [-0.39, 0.29) is 13.4 Å². The zero-order chi connectivity index (χ0) is 44.7. The molecule has 7 aromatic carbocycles. The van der Waals surface area contributed by atoms with Crippen molar-refractivity contribution >= 4 is 63.3 Å². The van der Waals surface area contributed by atoms with E-state index in [0.717, 1.165) is 0 Å². The van der Waals surface area contributed by atoms with Crippen molar-refractivity contribution in [3.8, 4) is 11.1 Å². The molecule has 3 heterocycles. The first-order valence-corrected chi connectivity index (χ1v) is 24.5. The Bertz CT molecular complexity index is 2790. The van der Waals surface area contributed by atoms with Gasteiger partial charge in [0.1, 0.15) is 0 Å². The number of benzene rings is 7. The Balaban J connectivity index is 1.36. The summed E-state index contributed by atoms with van der Waals surface area (Å²) in [7, 11) is 0. The fraction of sp³-hybridized carbons (Fsp3) is 0.311. The second-order valence-corrected chi connectivity index (χ2v) is 21.5. The number of anilines is 3. The number of nitrogens with zero attached hydrogens (tertiary/aromatic N) is 1. The van der Waals surface area contributed by atoms with Crippen LogP contribution >= 0.6 is 0 Å². The first-order valence-electron chi connectivity index (χ1n) is 24.5. The van der Waals surface area contributed by atoms with Gasteiger partial charge in [0.25, 0.3) is 0 Å². The van der Waals surface area contributed by atoms with Crippen LogP contribution in [-0.2, 0) is 5.41 Å². The summed E-state index contributed by atoms with van der Waals surface area (Å²) in [6, 6.07) is 51.2. The first kappa shape index (κ1) is 41.2. The lowest BCUT2D eigenvalue weighted by molar-refractivity contribution is 0.754. The maximum absolute atomic E-state index is 2.79. The molecule has 1 aliphatic carbocycles. The van der Waals surface area contributed by atoms with Crippen LogP contribution in [0.15, 0.2) is 127 Å². The minimum atomic E-state index is -0.494. The van der Waals surface area contributed by atoms with Gasteiger partial charge in [-0.1, -0.05) is 221 Å². The molecule has 7 aromatic rings.